The Morgan fingerprint density at radius 1 is 1.07 bits per heavy atom. The summed E-state index contributed by atoms with van der Waals surface area (Å²) in [5.41, 5.74) is 6.97. The summed E-state index contributed by atoms with van der Waals surface area (Å²) in [6.45, 7) is 1.76. The molecular formula is C19H15Cl2N3O2S. The first-order valence-electron chi connectivity index (χ1n) is 8.00. The van der Waals surface area contributed by atoms with Gasteiger partial charge in [0.25, 0.3) is 5.91 Å². The van der Waals surface area contributed by atoms with Crippen molar-refractivity contribution in [3.8, 4) is 10.6 Å². The van der Waals surface area contributed by atoms with Gasteiger partial charge in [-0.15, -0.1) is 11.3 Å². The van der Waals surface area contributed by atoms with Gasteiger partial charge in [-0.05, 0) is 24.6 Å². The van der Waals surface area contributed by atoms with Gasteiger partial charge in [0.05, 0.1) is 12.1 Å². The summed E-state index contributed by atoms with van der Waals surface area (Å²) in [5.74, 6) is -0.805. The van der Waals surface area contributed by atoms with Crippen molar-refractivity contribution in [2.75, 3.05) is 0 Å². The maximum atomic E-state index is 12.4. The summed E-state index contributed by atoms with van der Waals surface area (Å²) in [6, 6.07) is 14.5. The Kier molecular flexibility index (Phi) is 6.11. The van der Waals surface area contributed by atoms with Crippen LogP contribution in [0, 0.1) is 6.92 Å². The molecule has 3 rings (SSSR count). The fourth-order valence-electron chi connectivity index (χ4n) is 2.38. The molecule has 0 saturated carbocycles. The van der Waals surface area contributed by atoms with Gasteiger partial charge in [-0.3, -0.25) is 20.4 Å². The largest absolute Gasteiger partial charge is 0.281 e. The maximum absolute atomic E-state index is 12.4. The quantitative estimate of drug-likeness (QED) is 0.614. The van der Waals surface area contributed by atoms with Crippen LogP contribution < -0.4 is 10.9 Å². The molecule has 0 aliphatic carbocycles. The van der Waals surface area contributed by atoms with Gasteiger partial charge in [0.2, 0.25) is 5.91 Å². The van der Waals surface area contributed by atoms with Crippen molar-refractivity contribution in [3.05, 3.63) is 74.7 Å². The molecular weight excluding hydrogens is 405 g/mol. The highest BCUT2D eigenvalue weighted by Crippen LogP contribution is 2.27. The second kappa shape index (κ2) is 8.52. The lowest BCUT2D eigenvalue weighted by atomic mass is 10.1. The number of aryl methyl sites for hydroxylation is 1. The third-order valence-corrected chi connectivity index (χ3v) is 5.50. The van der Waals surface area contributed by atoms with Gasteiger partial charge in [-0.25, -0.2) is 4.98 Å². The number of nitrogens with one attached hydrogen (secondary N) is 2. The standard InChI is InChI=1S/C19H15Cl2N3O2S/c1-11-17(27-19(22-11)12-5-3-2-4-6-12)18(26)24-23-16(25)9-13-7-8-14(20)10-15(13)21/h2-8,10H,9H2,1H3,(H,23,25)(H,24,26). The summed E-state index contributed by atoms with van der Waals surface area (Å²) in [7, 11) is 0. The fraction of sp³-hybridized carbons (Fsp3) is 0.105. The smallest absolute Gasteiger partial charge is 0.273 e. The topological polar surface area (TPSA) is 71.1 Å². The zero-order valence-corrected chi connectivity index (χ0v) is 16.6. The lowest BCUT2D eigenvalue weighted by Crippen LogP contribution is -2.42. The SMILES string of the molecule is Cc1nc(-c2ccccc2)sc1C(=O)NNC(=O)Cc1ccc(Cl)cc1Cl. The molecule has 0 bridgehead atoms. The number of carbonyl (C=O) groups excluding carboxylic acids is 2. The number of benzene rings is 2. The van der Waals surface area contributed by atoms with E-state index in [4.69, 9.17) is 23.2 Å². The summed E-state index contributed by atoms with van der Waals surface area (Å²) >= 11 is 13.2. The van der Waals surface area contributed by atoms with Gasteiger partial charge < -0.3 is 0 Å². The summed E-state index contributed by atoms with van der Waals surface area (Å²) in [6.07, 6.45) is 0.0211. The van der Waals surface area contributed by atoms with Crippen LogP contribution in [0.4, 0.5) is 0 Å². The molecule has 0 spiro atoms. The van der Waals surface area contributed by atoms with Crippen LogP contribution in [0.2, 0.25) is 10.0 Å². The second-order valence-corrected chi connectivity index (χ2v) is 7.56. The van der Waals surface area contributed by atoms with E-state index in [0.717, 1.165) is 10.6 Å². The molecule has 0 radical (unpaired) electrons. The van der Waals surface area contributed by atoms with Gasteiger partial charge in [0, 0.05) is 15.6 Å². The van der Waals surface area contributed by atoms with E-state index < -0.39 is 11.8 Å². The molecule has 0 saturated heterocycles. The Bertz CT molecular complexity index is 990. The van der Waals surface area contributed by atoms with Gasteiger partial charge in [-0.2, -0.15) is 0 Å². The van der Waals surface area contributed by atoms with Crippen molar-refractivity contribution in [1.29, 1.82) is 0 Å². The molecule has 1 heterocycles. The number of amides is 2. The van der Waals surface area contributed by atoms with E-state index in [-0.39, 0.29) is 6.42 Å². The van der Waals surface area contributed by atoms with Crippen LogP contribution >= 0.6 is 34.5 Å². The van der Waals surface area contributed by atoms with Crippen molar-refractivity contribution < 1.29 is 9.59 Å². The van der Waals surface area contributed by atoms with Crippen LogP contribution in [0.25, 0.3) is 10.6 Å². The predicted octanol–water partition coefficient (Wildman–Crippen LogP) is 4.43. The van der Waals surface area contributed by atoms with Gasteiger partial charge in [-0.1, -0.05) is 59.6 Å². The molecule has 0 aliphatic heterocycles. The highest BCUT2D eigenvalue weighted by molar-refractivity contribution is 7.17. The second-order valence-electron chi connectivity index (χ2n) is 5.71. The van der Waals surface area contributed by atoms with Gasteiger partial charge >= 0.3 is 0 Å². The molecule has 5 nitrogen and oxygen atoms in total. The molecule has 2 amide bonds. The zero-order valence-electron chi connectivity index (χ0n) is 14.3. The Morgan fingerprint density at radius 3 is 2.52 bits per heavy atom. The number of aromatic nitrogens is 1. The summed E-state index contributed by atoms with van der Waals surface area (Å²) in [4.78, 5) is 29.3. The van der Waals surface area contributed by atoms with Crippen molar-refractivity contribution in [2.24, 2.45) is 0 Å². The Balaban J connectivity index is 1.62. The predicted molar refractivity (Wildman–Crippen MR) is 108 cm³/mol. The van der Waals surface area contributed by atoms with Crippen molar-refractivity contribution in [1.82, 2.24) is 15.8 Å². The van der Waals surface area contributed by atoms with Crippen molar-refractivity contribution in [3.63, 3.8) is 0 Å². The van der Waals surface area contributed by atoms with E-state index in [1.165, 1.54) is 11.3 Å². The molecule has 0 aliphatic rings. The minimum absolute atomic E-state index is 0.0211. The molecule has 138 valence electrons. The van der Waals surface area contributed by atoms with Crippen molar-refractivity contribution in [2.45, 2.75) is 13.3 Å². The van der Waals surface area contributed by atoms with E-state index in [1.54, 1.807) is 25.1 Å². The van der Waals surface area contributed by atoms with Gasteiger partial charge in [0.1, 0.15) is 9.88 Å². The highest BCUT2D eigenvalue weighted by Gasteiger charge is 2.17. The average molecular weight is 420 g/mol. The Morgan fingerprint density at radius 2 is 1.81 bits per heavy atom. The first-order valence-corrected chi connectivity index (χ1v) is 9.57. The molecule has 0 fully saturated rings. The van der Waals surface area contributed by atoms with E-state index in [0.29, 0.717) is 26.2 Å². The van der Waals surface area contributed by atoms with E-state index in [1.807, 2.05) is 30.3 Å². The molecule has 27 heavy (non-hydrogen) atoms. The summed E-state index contributed by atoms with van der Waals surface area (Å²) < 4.78 is 0. The minimum atomic E-state index is -0.414. The molecule has 1 aromatic heterocycles. The highest BCUT2D eigenvalue weighted by atomic mass is 35.5. The third kappa shape index (κ3) is 4.86. The first-order chi connectivity index (χ1) is 12.9. The number of hydrogen-bond acceptors (Lipinski definition) is 4. The van der Waals surface area contributed by atoms with Crippen LogP contribution in [0.3, 0.4) is 0 Å². The lowest BCUT2D eigenvalue weighted by Gasteiger charge is -2.08. The zero-order chi connectivity index (χ0) is 19.4. The number of nitrogens with zero attached hydrogens (tertiary/aromatic N) is 1. The Hall–Kier alpha value is -2.41. The van der Waals surface area contributed by atoms with Crippen LogP contribution in [0.1, 0.15) is 20.9 Å². The van der Waals surface area contributed by atoms with E-state index >= 15 is 0 Å². The average Bonchev–Trinajstić information content (AvgIpc) is 3.05. The number of hydrazine groups is 1. The molecule has 8 heteroatoms. The Labute approximate surface area is 170 Å². The molecule has 0 unspecified atom stereocenters. The number of carbonyl (C=O) groups is 2. The van der Waals surface area contributed by atoms with E-state index in [9.17, 15) is 9.59 Å². The molecule has 0 atom stereocenters. The molecule has 2 N–H and O–H groups in total. The van der Waals surface area contributed by atoms with E-state index in [2.05, 4.69) is 15.8 Å². The number of hydrogen-bond donors (Lipinski definition) is 2. The molecule has 2 aromatic carbocycles. The van der Waals surface area contributed by atoms with Crippen molar-refractivity contribution >= 4 is 46.4 Å². The number of thiazole rings is 1. The van der Waals surface area contributed by atoms with Gasteiger partial charge in [0.15, 0.2) is 0 Å². The van der Waals surface area contributed by atoms with Crippen LogP contribution in [0.15, 0.2) is 48.5 Å². The minimum Gasteiger partial charge on any atom is -0.273 e. The fourth-order valence-corrected chi connectivity index (χ4v) is 3.82. The summed E-state index contributed by atoms with van der Waals surface area (Å²) in [5, 5.41) is 1.64. The van der Waals surface area contributed by atoms with Crippen LogP contribution in [-0.4, -0.2) is 16.8 Å². The monoisotopic (exact) mass is 419 g/mol. The van der Waals surface area contributed by atoms with Crippen LogP contribution in [0.5, 0.6) is 0 Å². The third-order valence-electron chi connectivity index (χ3n) is 3.71. The molecule has 3 aromatic rings. The van der Waals surface area contributed by atoms with Crippen LogP contribution in [-0.2, 0) is 11.2 Å². The lowest BCUT2D eigenvalue weighted by molar-refractivity contribution is -0.121. The number of rotatable bonds is 4. The number of halogens is 2. The first kappa shape index (κ1) is 19.4. The maximum Gasteiger partial charge on any atom is 0.281 e. The normalized spacial score (nSPS) is 10.5.